The van der Waals surface area contributed by atoms with Gasteiger partial charge in [-0.25, -0.2) is 8.78 Å². The summed E-state index contributed by atoms with van der Waals surface area (Å²) in [7, 11) is 0. The van der Waals surface area contributed by atoms with E-state index in [1.54, 1.807) is 0 Å². The quantitative estimate of drug-likeness (QED) is 0.679. The minimum absolute atomic E-state index is 0.128. The molecule has 0 aliphatic carbocycles. The van der Waals surface area contributed by atoms with E-state index in [2.05, 4.69) is 6.58 Å². The maximum atomic E-state index is 13.4. The van der Waals surface area contributed by atoms with E-state index in [1.165, 1.54) is 18.2 Å². The van der Waals surface area contributed by atoms with Crippen LogP contribution >= 0.6 is 0 Å². The highest BCUT2D eigenvalue weighted by atomic mass is 19.1. The van der Waals surface area contributed by atoms with Gasteiger partial charge in [0.1, 0.15) is 24.0 Å². The van der Waals surface area contributed by atoms with Crippen molar-refractivity contribution in [3.8, 4) is 5.75 Å². The first-order chi connectivity index (χ1) is 7.19. The van der Waals surface area contributed by atoms with Crippen LogP contribution in [-0.2, 0) is 6.42 Å². The zero-order valence-corrected chi connectivity index (χ0v) is 8.72. The molecule has 0 unspecified atom stereocenters. The zero-order valence-electron chi connectivity index (χ0n) is 8.72. The summed E-state index contributed by atoms with van der Waals surface area (Å²) in [5.74, 6) is -0.892. The molecule has 0 N–H and O–H groups in total. The van der Waals surface area contributed by atoms with Crippen LogP contribution in [0.1, 0.15) is 18.9 Å². The fraction of sp³-hybridized carbons (Fsp3) is 0.333. The van der Waals surface area contributed by atoms with Crippen molar-refractivity contribution in [1.82, 2.24) is 0 Å². The summed E-state index contributed by atoms with van der Waals surface area (Å²) in [6.07, 6.45) is 2.63. The van der Waals surface area contributed by atoms with Gasteiger partial charge in [-0.1, -0.05) is 26.0 Å². The third-order valence-electron chi connectivity index (χ3n) is 1.98. The Hall–Kier alpha value is -1.38. The highest BCUT2D eigenvalue weighted by Crippen LogP contribution is 2.21. The number of rotatable bonds is 5. The number of hydrogen-bond acceptors (Lipinski definition) is 1. The molecule has 0 fully saturated rings. The first kappa shape index (κ1) is 11.7. The van der Waals surface area contributed by atoms with Crippen molar-refractivity contribution in [3.05, 3.63) is 42.0 Å². The van der Waals surface area contributed by atoms with Gasteiger partial charge in [0.15, 0.2) is 0 Å². The molecule has 1 aromatic rings. The summed E-state index contributed by atoms with van der Waals surface area (Å²) in [6, 6.07) is 2.41. The fourth-order valence-electron chi connectivity index (χ4n) is 1.31. The van der Waals surface area contributed by atoms with E-state index in [0.717, 1.165) is 0 Å². The van der Waals surface area contributed by atoms with Crippen LogP contribution < -0.4 is 4.74 Å². The molecule has 0 saturated heterocycles. The average Bonchev–Trinajstić information content (AvgIpc) is 2.20. The Labute approximate surface area is 88.4 Å². The molecule has 0 saturated carbocycles. The molecule has 1 nitrogen and oxygen atoms in total. The maximum Gasteiger partial charge on any atom is 0.133 e. The van der Waals surface area contributed by atoms with Gasteiger partial charge in [-0.2, -0.15) is 0 Å². The van der Waals surface area contributed by atoms with Crippen LogP contribution in [0, 0.1) is 11.6 Å². The minimum Gasteiger partial charge on any atom is -0.489 e. The second-order valence-electron chi connectivity index (χ2n) is 3.22. The fourth-order valence-corrected chi connectivity index (χ4v) is 1.31. The Morgan fingerprint density at radius 3 is 2.40 bits per heavy atom. The molecule has 0 heterocycles. The molecular formula is C12H14F2O. The van der Waals surface area contributed by atoms with Gasteiger partial charge in [0.05, 0.1) is 0 Å². The van der Waals surface area contributed by atoms with Crippen molar-refractivity contribution in [1.29, 1.82) is 0 Å². The normalized spacial score (nSPS) is 10.1. The van der Waals surface area contributed by atoms with Crippen molar-refractivity contribution >= 4 is 0 Å². The summed E-state index contributed by atoms with van der Waals surface area (Å²) in [4.78, 5) is 0. The number of halogens is 2. The predicted molar refractivity (Wildman–Crippen MR) is 56.0 cm³/mol. The Kier molecular flexibility index (Phi) is 4.28. The van der Waals surface area contributed by atoms with Crippen LogP contribution in [0.5, 0.6) is 5.75 Å². The molecule has 0 atom stereocenters. The van der Waals surface area contributed by atoms with Gasteiger partial charge in [0.2, 0.25) is 0 Å². The monoisotopic (exact) mass is 212 g/mol. The molecule has 0 aliphatic rings. The molecule has 0 bridgehead atoms. The van der Waals surface area contributed by atoms with E-state index in [4.69, 9.17) is 4.74 Å². The van der Waals surface area contributed by atoms with Crippen molar-refractivity contribution in [3.63, 3.8) is 0 Å². The predicted octanol–water partition coefficient (Wildman–Crippen LogP) is 3.48. The van der Waals surface area contributed by atoms with Crippen LogP contribution in [0.15, 0.2) is 24.8 Å². The lowest BCUT2D eigenvalue weighted by molar-refractivity contribution is 0.357. The third-order valence-corrected chi connectivity index (χ3v) is 1.98. The summed E-state index contributed by atoms with van der Waals surface area (Å²) in [5, 5.41) is 0. The molecular weight excluding hydrogens is 198 g/mol. The molecule has 1 rings (SSSR count). The van der Waals surface area contributed by atoms with Gasteiger partial charge in [-0.05, 0) is 6.42 Å². The molecule has 3 heteroatoms. The van der Waals surface area contributed by atoms with E-state index in [9.17, 15) is 8.78 Å². The summed E-state index contributed by atoms with van der Waals surface area (Å²) in [6.45, 7) is 5.57. The number of benzene rings is 1. The lowest BCUT2D eigenvalue weighted by Gasteiger charge is -2.07. The van der Waals surface area contributed by atoms with Gasteiger partial charge >= 0.3 is 0 Å². The minimum atomic E-state index is -0.545. The molecule has 82 valence electrons. The Balaban J connectivity index is 2.91. The maximum absolute atomic E-state index is 13.4. The lowest BCUT2D eigenvalue weighted by Crippen LogP contribution is -1.99. The van der Waals surface area contributed by atoms with E-state index >= 15 is 0 Å². The molecule has 1 aromatic carbocycles. The highest BCUT2D eigenvalue weighted by Gasteiger charge is 2.10. The van der Waals surface area contributed by atoms with Gasteiger partial charge < -0.3 is 4.74 Å². The largest absolute Gasteiger partial charge is 0.489 e. The second-order valence-corrected chi connectivity index (χ2v) is 3.22. The number of ether oxygens (including phenoxy) is 1. The second kappa shape index (κ2) is 5.49. The summed E-state index contributed by atoms with van der Waals surface area (Å²) in [5.41, 5.74) is 0.128. The first-order valence-corrected chi connectivity index (χ1v) is 4.90. The summed E-state index contributed by atoms with van der Waals surface area (Å²) >= 11 is 0. The first-order valence-electron chi connectivity index (χ1n) is 4.90. The van der Waals surface area contributed by atoms with Gasteiger partial charge in [0.25, 0.3) is 0 Å². The van der Waals surface area contributed by atoms with Gasteiger partial charge in [0, 0.05) is 17.7 Å². The SMILES string of the molecule is C=CCOc1cc(F)c(CCC)c(F)c1. The van der Waals surface area contributed by atoms with Crippen molar-refractivity contribution < 1.29 is 13.5 Å². The zero-order chi connectivity index (χ0) is 11.3. The topological polar surface area (TPSA) is 9.23 Å². The molecule has 15 heavy (non-hydrogen) atoms. The third kappa shape index (κ3) is 3.05. The molecule has 0 amide bonds. The highest BCUT2D eigenvalue weighted by molar-refractivity contribution is 5.30. The van der Waals surface area contributed by atoms with Crippen molar-refractivity contribution in [2.45, 2.75) is 19.8 Å². The summed E-state index contributed by atoms with van der Waals surface area (Å²) < 4.78 is 31.8. The van der Waals surface area contributed by atoms with Crippen LogP contribution in [0.3, 0.4) is 0 Å². The van der Waals surface area contributed by atoms with Crippen molar-refractivity contribution in [2.24, 2.45) is 0 Å². The van der Waals surface area contributed by atoms with Crippen LogP contribution in [0.4, 0.5) is 8.78 Å². The van der Waals surface area contributed by atoms with E-state index in [0.29, 0.717) is 12.8 Å². The Morgan fingerprint density at radius 1 is 1.33 bits per heavy atom. The Bertz CT molecular complexity index is 324. The lowest BCUT2D eigenvalue weighted by atomic mass is 10.1. The van der Waals surface area contributed by atoms with Gasteiger partial charge in [-0.3, -0.25) is 0 Å². The van der Waals surface area contributed by atoms with Crippen LogP contribution in [-0.4, -0.2) is 6.61 Å². The smallest absolute Gasteiger partial charge is 0.133 e. The average molecular weight is 212 g/mol. The molecule has 0 radical (unpaired) electrons. The van der Waals surface area contributed by atoms with Gasteiger partial charge in [-0.15, -0.1) is 0 Å². The van der Waals surface area contributed by atoms with E-state index in [-0.39, 0.29) is 17.9 Å². The molecule has 0 spiro atoms. The standard InChI is InChI=1S/C12H14F2O/c1-3-5-10-11(13)7-9(8-12(10)14)15-6-4-2/h4,7-8H,2-3,5-6H2,1H3. The van der Waals surface area contributed by atoms with E-state index < -0.39 is 11.6 Å². The van der Waals surface area contributed by atoms with Crippen LogP contribution in [0.2, 0.25) is 0 Å². The van der Waals surface area contributed by atoms with Crippen molar-refractivity contribution in [2.75, 3.05) is 6.61 Å². The van der Waals surface area contributed by atoms with E-state index in [1.807, 2.05) is 6.92 Å². The molecule has 0 aromatic heterocycles. The Morgan fingerprint density at radius 2 is 1.93 bits per heavy atom. The number of hydrogen-bond donors (Lipinski definition) is 0. The van der Waals surface area contributed by atoms with Crippen LogP contribution in [0.25, 0.3) is 0 Å². The molecule has 0 aliphatic heterocycles.